The average Bonchev–Trinajstić information content (AvgIpc) is 3.03. The quantitative estimate of drug-likeness (QED) is 0.617. The third-order valence-electron chi connectivity index (χ3n) is 5.21. The van der Waals surface area contributed by atoms with Crippen molar-refractivity contribution in [3.8, 4) is 5.75 Å². The number of carbonyl (C=O) groups excluding carboxylic acids is 1. The molecule has 29 heavy (non-hydrogen) atoms. The highest BCUT2D eigenvalue weighted by atomic mass is 35.5. The van der Waals surface area contributed by atoms with Crippen molar-refractivity contribution in [1.29, 1.82) is 0 Å². The summed E-state index contributed by atoms with van der Waals surface area (Å²) in [6.45, 7) is 3.67. The van der Waals surface area contributed by atoms with Gasteiger partial charge in [0.05, 0.1) is 22.6 Å². The number of aryl methyl sites for hydroxylation is 1. The Hall–Kier alpha value is -2.28. The van der Waals surface area contributed by atoms with Gasteiger partial charge in [0.1, 0.15) is 11.6 Å². The maximum Gasteiger partial charge on any atom is 0.260 e. The van der Waals surface area contributed by atoms with Crippen LogP contribution in [-0.2, 0) is 18.4 Å². The highest BCUT2D eigenvalue weighted by Crippen LogP contribution is 2.27. The molecule has 0 saturated carbocycles. The standard InChI is InChI=1S/C21H22Cl2N4O2/c1-25-18-5-3-2-4-17(18)24-20(25)13-26-8-10-27(11-9-26)21(28)14-29-19-7-6-15(22)12-16(19)23/h2-7,12H,8-11,13-14H2,1H3. The largest absolute Gasteiger partial charge is 0.482 e. The van der Waals surface area contributed by atoms with E-state index < -0.39 is 0 Å². The number of rotatable bonds is 5. The van der Waals surface area contributed by atoms with Crippen LogP contribution >= 0.6 is 23.2 Å². The number of hydrogen-bond acceptors (Lipinski definition) is 4. The molecule has 0 aliphatic carbocycles. The summed E-state index contributed by atoms with van der Waals surface area (Å²) in [5, 5.41) is 0.933. The smallest absolute Gasteiger partial charge is 0.260 e. The number of amides is 1. The maximum absolute atomic E-state index is 12.5. The van der Waals surface area contributed by atoms with Gasteiger partial charge in [-0.15, -0.1) is 0 Å². The van der Waals surface area contributed by atoms with E-state index in [9.17, 15) is 4.79 Å². The highest BCUT2D eigenvalue weighted by molar-refractivity contribution is 6.35. The predicted molar refractivity (Wildman–Crippen MR) is 115 cm³/mol. The van der Waals surface area contributed by atoms with Crippen molar-refractivity contribution in [3.05, 3.63) is 58.3 Å². The summed E-state index contributed by atoms with van der Waals surface area (Å²) in [4.78, 5) is 21.4. The third kappa shape index (κ3) is 4.50. The van der Waals surface area contributed by atoms with E-state index in [1.54, 1.807) is 18.2 Å². The first-order valence-corrected chi connectivity index (χ1v) is 10.2. The lowest BCUT2D eigenvalue weighted by molar-refractivity contribution is -0.135. The SMILES string of the molecule is Cn1c(CN2CCN(C(=O)COc3ccc(Cl)cc3Cl)CC2)nc2ccccc21. The summed E-state index contributed by atoms with van der Waals surface area (Å²) >= 11 is 12.0. The van der Waals surface area contributed by atoms with E-state index in [1.807, 2.05) is 30.1 Å². The van der Waals surface area contributed by atoms with Gasteiger partial charge in [0.2, 0.25) is 0 Å². The van der Waals surface area contributed by atoms with Gasteiger partial charge in [-0.1, -0.05) is 35.3 Å². The van der Waals surface area contributed by atoms with Crippen molar-refractivity contribution in [2.45, 2.75) is 6.54 Å². The van der Waals surface area contributed by atoms with Gasteiger partial charge >= 0.3 is 0 Å². The van der Waals surface area contributed by atoms with Crippen molar-refractivity contribution >= 4 is 40.1 Å². The van der Waals surface area contributed by atoms with Gasteiger partial charge in [-0.25, -0.2) is 4.98 Å². The topological polar surface area (TPSA) is 50.6 Å². The van der Waals surface area contributed by atoms with E-state index >= 15 is 0 Å². The molecule has 0 unspecified atom stereocenters. The molecule has 8 heteroatoms. The zero-order valence-electron chi connectivity index (χ0n) is 16.1. The molecule has 3 aromatic rings. The van der Waals surface area contributed by atoms with Crippen LogP contribution in [0.25, 0.3) is 11.0 Å². The van der Waals surface area contributed by atoms with Gasteiger partial charge < -0.3 is 14.2 Å². The van der Waals surface area contributed by atoms with Gasteiger partial charge in [-0.05, 0) is 30.3 Å². The molecule has 0 radical (unpaired) electrons. The number of fused-ring (bicyclic) bond motifs is 1. The van der Waals surface area contributed by atoms with Crippen LogP contribution in [0.2, 0.25) is 10.0 Å². The fourth-order valence-corrected chi connectivity index (χ4v) is 3.98. The van der Waals surface area contributed by atoms with Gasteiger partial charge in [-0.3, -0.25) is 9.69 Å². The van der Waals surface area contributed by atoms with Crippen molar-refractivity contribution in [3.63, 3.8) is 0 Å². The minimum absolute atomic E-state index is 0.0356. The second-order valence-electron chi connectivity index (χ2n) is 7.10. The number of hydrogen-bond donors (Lipinski definition) is 0. The number of aromatic nitrogens is 2. The van der Waals surface area contributed by atoms with Crippen molar-refractivity contribution in [1.82, 2.24) is 19.4 Å². The molecule has 2 heterocycles. The van der Waals surface area contributed by atoms with Crippen LogP contribution in [0.3, 0.4) is 0 Å². The zero-order chi connectivity index (χ0) is 20.4. The van der Waals surface area contributed by atoms with Gasteiger partial charge in [0.25, 0.3) is 5.91 Å². The molecule has 2 aromatic carbocycles. The van der Waals surface area contributed by atoms with Crippen LogP contribution in [0.5, 0.6) is 5.75 Å². The number of nitrogens with zero attached hydrogens (tertiary/aromatic N) is 4. The first kappa shape index (κ1) is 20.0. The number of halogens is 2. The Bertz CT molecular complexity index is 1030. The predicted octanol–water partition coefficient (Wildman–Crippen LogP) is 3.60. The zero-order valence-corrected chi connectivity index (χ0v) is 17.7. The lowest BCUT2D eigenvalue weighted by atomic mass is 10.3. The molecule has 0 spiro atoms. The molecule has 1 aliphatic rings. The van der Waals surface area contributed by atoms with E-state index in [0.717, 1.165) is 36.5 Å². The molecule has 152 valence electrons. The van der Waals surface area contributed by atoms with Gasteiger partial charge in [0.15, 0.2) is 6.61 Å². The number of ether oxygens (including phenoxy) is 1. The lowest BCUT2D eigenvalue weighted by Gasteiger charge is -2.34. The molecule has 0 atom stereocenters. The number of benzene rings is 2. The summed E-state index contributed by atoms with van der Waals surface area (Å²) in [5.41, 5.74) is 2.14. The number of imidazole rings is 1. The molecule has 1 aliphatic heterocycles. The number of carbonyl (C=O) groups is 1. The van der Waals surface area contributed by atoms with E-state index in [-0.39, 0.29) is 12.5 Å². The number of para-hydroxylation sites is 2. The molecule has 1 amide bonds. The van der Waals surface area contributed by atoms with E-state index in [4.69, 9.17) is 32.9 Å². The monoisotopic (exact) mass is 432 g/mol. The first-order chi connectivity index (χ1) is 14.0. The second-order valence-corrected chi connectivity index (χ2v) is 7.94. The Morgan fingerprint density at radius 1 is 1.10 bits per heavy atom. The third-order valence-corrected chi connectivity index (χ3v) is 5.75. The summed E-state index contributed by atoms with van der Waals surface area (Å²) in [5.74, 6) is 1.45. The minimum Gasteiger partial charge on any atom is -0.482 e. The first-order valence-electron chi connectivity index (χ1n) is 9.49. The van der Waals surface area contributed by atoms with E-state index in [0.29, 0.717) is 28.9 Å². The van der Waals surface area contributed by atoms with Crippen LogP contribution in [0.15, 0.2) is 42.5 Å². The van der Waals surface area contributed by atoms with Crippen LogP contribution in [0.1, 0.15) is 5.82 Å². The summed E-state index contributed by atoms with van der Waals surface area (Å²) < 4.78 is 7.71. The average molecular weight is 433 g/mol. The molecular formula is C21H22Cl2N4O2. The van der Waals surface area contributed by atoms with Gasteiger partial charge in [-0.2, -0.15) is 0 Å². The van der Waals surface area contributed by atoms with E-state index in [2.05, 4.69) is 15.5 Å². The van der Waals surface area contributed by atoms with Crippen LogP contribution < -0.4 is 4.74 Å². The Kier molecular flexibility index (Phi) is 5.94. The molecule has 1 saturated heterocycles. The van der Waals surface area contributed by atoms with Crippen LogP contribution in [-0.4, -0.2) is 58.0 Å². The molecule has 1 aromatic heterocycles. The molecule has 0 N–H and O–H groups in total. The minimum atomic E-state index is -0.0432. The normalized spacial score (nSPS) is 15.1. The molecule has 0 bridgehead atoms. The molecular weight excluding hydrogens is 411 g/mol. The second kappa shape index (κ2) is 8.61. The fourth-order valence-electron chi connectivity index (χ4n) is 3.52. The Morgan fingerprint density at radius 3 is 2.59 bits per heavy atom. The summed E-state index contributed by atoms with van der Waals surface area (Å²) in [6.07, 6.45) is 0. The van der Waals surface area contributed by atoms with Crippen molar-refractivity contribution in [2.75, 3.05) is 32.8 Å². The highest BCUT2D eigenvalue weighted by Gasteiger charge is 2.23. The number of piperazine rings is 1. The van der Waals surface area contributed by atoms with E-state index in [1.165, 1.54) is 0 Å². The lowest BCUT2D eigenvalue weighted by Crippen LogP contribution is -2.49. The summed E-state index contributed by atoms with van der Waals surface area (Å²) in [6, 6.07) is 13.1. The summed E-state index contributed by atoms with van der Waals surface area (Å²) in [7, 11) is 2.05. The molecule has 1 fully saturated rings. The van der Waals surface area contributed by atoms with Crippen molar-refractivity contribution < 1.29 is 9.53 Å². The maximum atomic E-state index is 12.5. The Morgan fingerprint density at radius 2 is 1.86 bits per heavy atom. The fraction of sp³-hybridized carbons (Fsp3) is 0.333. The Balaban J connectivity index is 1.29. The van der Waals surface area contributed by atoms with Crippen LogP contribution in [0, 0.1) is 0 Å². The van der Waals surface area contributed by atoms with Crippen molar-refractivity contribution in [2.24, 2.45) is 7.05 Å². The van der Waals surface area contributed by atoms with Crippen LogP contribution in [0.4, 0.5) is 0 Å². The molecule has 6 nitrogen and oxygen atoms in total. The van der Waals surface area contributed by atoms with Gasteiger partial charge in [0, 0.05) is 38.2 Å². The Labute approximate surface area is 179 Å². The molecule has 4 rings (SSSR count).